The van der Waals surface area contributed by atoms with Crippen molar-refractivity contribution in [3.8, 4) is 10.4 Å². The number of aromatic nitrogens is 4. The van der Waals surface area contributed by atoms with E-state index in [0.717, 1.165) is 46.9 Å². The van der Waals surface area contributed by atoms with Crippen LogP contribution in [-0.2, 0) is 6.54 Å². The lowest BCUT2D eigenvalue weighted by molar-refractivity contribution is 0.242. The van der Waals surface area contributed by atoms with Crippen molar-refractivity contribution in [3.63, 3.8) is 0 Å². The van der Waals surface area contributed by atoms with Gasteiger partial charge in [-0.3, -0.25) is 14.8 Å². The molecule has 0 amide bonds. The molecule has 0 radical (unpaired) electrons. The van der Waals surface area contributed by atoms with Crippen LogP contribution in [0.15, 0.2) is 47.4 Å². The molecule has 3 aromatic heterocycles. The molecule has 4 aromatic rings. The lowest BCUT2D eigenvalue weighted by Gasteiger charge is -2.24. The molecule has 0 saturated carbocycles. The fraction of sp³-hybridized carbons (Fsp3) is 0.286. The Labute approximate surface area is 166 Å². The highest BCUT2D eigenvalue weighted by Crippen LogP contribution is 2.34. The van der Waals surface area contributed by atoms with E-state index in [4.69, 9.17) is 4.98 Å². The molecule has 142 valence electrons. The molecule has 0 aliphatic carbocycles. The lowest BCUT2D eigenvalue weighted by atomic mass is 10.0. The molecular weight excluding hydrogens is 370 g/mol. The number of hydrogen-bond donors (Lipinski definition) is 2. The third kappa shape index (κ3) is 3.06. The van der Waals surface area contributed by atoms with Crippen LogP contribution in [0.3, 0.4) is 0 Å². The zero-order valence-electron chi connectivity index (χ0n) is 15.6. The van der Waals surface area contributed by atoms with Gasteiger partial charge in [0.15, 0.2) is 0 Å². The third-order valence-corrected chi connectivity index (χ3v) is 6.58. The van der Waals surface area contributed by atoms with E-state index in [-0.39, 0.29) is 5.56 Å². The van der Waals surface area contributed by atoms with Crippen LogP contribution in [-0.4, -0.2) is 31.6 Å². The van der Waals surface area contributed by atoms with Crippen LogP contribution in [0.1, 0.15) is 36.0 Å². The van der Waals surface area contributed by atoms with E-state index in [9.17, 15) is 4.79 Å². The first kappa shape index (κ1) is 17.3. The molecule has 0 bridgehead atoms. The Morgan fingerprint density at radius 1 is 1.29 bits per heavy atom. The second kappa shape index (κ2) is 7.00. The van der Waals surface area contributed by atoms with Crippen LogP contribution in [0.4, 0.5) is 0 Å². The number of nitrogens with one attached hydrogen (secondary N) is 2. The summed E-state index contributed by atoms with van der Waals surface area (Å²) >= 11 is 1.46. The zero-order chi connectivity index (χ0) is 19.1. The highest BCUT2D eigenvalue weighted by Gasteiger charge is 2.26. The number of fused-ring (bicyclic) bond motifs is 1. The van der Waals surface area contributed by atoms with Crippen molar-refractivity contribution in [1.82, 2.24) is 25.1 Å². The van der Waals surface area contributed by atoms with Gasteiger partial charge in [0.2, 0.25) is 0 Å². The van der Waals surface area contributed by atoms with Crippen molar-refractivity contribution in [1.29, 1.82) is 0 Å². The number of likely N-dealkylation sites (tertiary alicyclic amines) is 1. The van der Waals surface area contributed by atoms with Crippen LogP contribution in [0.25, 0.3) is 20.7 Å². The number of aryl methyl sites for hydroxylation is 1. The summed E-state index contributed by atoms with van der Waals surface area (Å²) in [6.07, 6.45) is 4.09. The van der Waals surface area contributed by atoms with Gasteiger partial charge in [0.05, 0.1) is 18.3 Å². The van der Waals surface area contributed by atoms with Crippen molar-refractivity contribution in [2.45, 2.75) is 32.4 Å². The van der Waals surface area contributed by atoms with Gasteiger partial charge >= 0.3 is 0 Å². The Morgan fingerprint density at radius 3 is 2.93 bits per heavy atom. The molecule has 4 heterocycles. The van der Waals surface area contributed by atoms with Crippen molar-refractivity contribution >= 4 is 21.6 Å². The normalized spacial score (nSPS) is 17.5. The monoisotopic (exact) mass is 391 g/mol. The van der Waals surface area contributed by atoms with Gasteiger partial charge in [-0.05, 0) is 37.9 Å². The fourth-order valence-corrected chi connectivity index (χ4v) is 5.11. The number of aromatic amines is 2. The molecule has 1 saturated heterocycles. The maximum Gasteiger partial charge on any atom is 0.268 e. The molecule has 1 fully saturated rings. The average Bonchev–Trinajstić information content (AvgIpc) is 3.42. The number of nitrogens with zero attached hydrogens (tertiary/aromatic N) is 3. The summed E-state index contributed by atoms with van der Waals surface area (Å²) < 4.78 is 0.667. The van der Waals surface area contributed by atoms with Crippen LogP contribution >= 0.6 is 11.3 Å². The molecule has 7 heteroatoms. The number of H-pyrrole nitrogens is 2. The molecule has 2 N–H and O–H groups in total. The average molecular weight is 392 g/mol. The summed E-state index contributed by atoms with van der Waals surface area (Å²) in [6.45, 7) is 3.65. The van der Waals surface area contributed by atoms with Gasteiger partial charge < -0.3 is 4.98 Å². The minimum atomic E-state index is -0.0622. The van der Waals surface area contributed by atoms with Crippen LogP contribution < -0.4 is 5.56 Å². The molecule has 28 heavy (non-hydrogen) atoms. The van der Waals surface area contributed by atoms with E-state index < -0.39 is 0 Å². The lowest BCUT2D eigenvalue weighted by Crippen LogP contribution is -2.25. The second-order valence-electron chi connectivity index (χ2n) is 7.29. The molecule has 0 spiro atoms. The number of hydrogen-bond acceptors (Lipinski definition) is 5. The quantitative estimate of drug-likeness (QED) is 0.551. The first-order valence-electron chi connectivity index (χ1n) is 9.51. The first-order valence-corrected chi connectivity index (χ1v) is 10.3. The Hall–Kier alpha value is -2.77. The van der Waals surface area contributed by atoms with E-state index in [1.165, 1.54) is 16.9 Å². The molecule has 1 aliphatic rings. The van der Waals surface area contributed by atoms with Gasteiger partial charge in [-0.1, -0.05) is 30.3 Å². The first-order chi connectivity index (χ1) is 13.7. The number of thiophene rings is 1. The van der Waals surface area contributed by atoms with E-state index in [0.29, 0.717) is 17.3 Å². The molecule has 1 atom stereocenters. The Morgan fingerprint density at radius 2 is 2.14 bits per heavy atom. The summed E-state index contributed by atoms with van der Waals surface area (Å²) in [4.78, 5) is 23.9. The highest BCUT2D eigenvalue weighted by molar-refractivity contribution is 7.22. The maximum absolute atomic E-state index is 12.7. The highest BCUT2D eigenvalue weighted by atomic mass is 32.1. The minimum absolute atomic E-state index is 0.0622. The van der Waals surface area contributed by atoms with Crippen LogP contribution in [0, 0.1) is 6.92 Å². The minimum Gasteiger partial charge on any atom is -0.308 e. The number of rotatable bonds is 4. The Bertz CT molecular complexity index is 1180. The maximum atomic E-state index is 12.7. The van der Waals surface area contributed by atoms with Crippen molar-refractivity contribution in [3.05, 3.63) is 70.0 Å². The zero-order valence-corrected chi connectivity index (χ0v) is 16.4. The fourth-order valence-electron chi connectivity index (χ4n) is 4.06. The van der Waals surface area contributed by atoms with Gasteiger partial charge in [-0.15, -0.1) is 11.3 Å². The predicted octanol–water partition coefficient (Wildman–Crippen LogP) is 4.02. The topological polar surface area (TPSA) is 77.7 Å². The van der Waals surface area contributed by atoms with E-state index in [1.807, 2.05) is 19.1 Å². The number of benzene rings is 1. The van der Waals surface area contributed by atoms with Gasteiger partial charge in [-0.25, -0.2) is 4.98 Å². The van der Waals surface area contributed by atoms with E-state index in [1.54, 1.807) is 6.20 Å². The molecule has 1 unspecified atom stereocenters. The molecule has 6 nitrogen and oxygen atoms in total. The van der Waals surface area contributed by atoms with Crippen molar-refractivity contribution < 1.29 is 0 Å². The van der Waals surface area contributed by atoms with E-state index >= 15 is 0 Å². The van der Waals surface area contributed by atoms with Gasteiger partial charge in [0.25, 0.3) is 5.56 Å². The smallest absolute Gasteiger partial charge is 0.268 e. The largest absolute Gasteiger partial charge is 0.308 e. The summed E-state index contributed by atoms with van der Waals surface area (Å²) in [7, 11) is 0. The van der Waals surface area contributed by atoms with Crippen molar-refractivity contribution in [2.24, 2.45) is 0 Å². The standard InChI is InChI=1S/C21H21N5OS/c1-13-15(11-22-25-13)18-10-16-20(28-18)21(27)24-19(23-16)12-26-9-5-8-17(26)14-6-3-2-4-7-14/h2-4,6-7,10-11,17H,5,8-9,12H2,1H3,(H,22,25)(H,23,24,27). The van der Waals surface area contributed by atoms with Gasteiger partial charge in [0.1, 0.15) is 10.5 Å². The SMILES string of the molecule is Cc1[nH]ncc1-c1cc2nc(CN3CCCC3c3ccccc3)[nH]c(=O)c2s1. The summed E-state index contributed by atoms with van der Waals surface area (Å²) in [5, 5.41) is 7.03. The van der Waals surface area contributed by atoms with Crippen molar-refractivity contribution in [2.75, 3.05) is 6.54 Å². The van der Waals surface area contributed by atoms with E-state index in [2.05, 4.69) is 44.3 Å². The van der Waals surface area contributed by atoms with Crippen LogP contribution in [0.5, 0.6) is 0 Å². The Balaban J connectivity index is 1.46. The third-order valence-electron chi connectivity index (χ3n) is 5.43. The summed E-state index contributed by atoms with van der Waals surface area (Å²) in [6, 6.07) is 13.0. The van der Waals surface area contributed by atoms with Gasteiger partial charge in [0, 0.05) is 22.2 Å². The van der Waals surface area contributed by atoms with Gasteiger partial charge in [-0.2, -0.15) is 5.10 Å². The second-order valence-corrected chi connectivity index (χ2v) is 8.34. The molecule has 1 aliphatic heterocycles. The Kier molecular flexibility index (Phi) is 4.33. The summed E-state index contributed by atoms with van der Waals surface area (Å²) in [5.41, 5.74) is 4.04. The summed E-state index contributed by atoms with van der Waals surface area (Å²) in [5.74, 6) is 0.730. The molecule has 1 aromatic carbocycles. The molecular formula is C21H21N5OS. The van der Waals surface area contributed by atoms with Crippen LogP contribution in [0.2, 0.25) is 0 Å². The molecule has 5 rings (SSSR count). The predicted molar refractivity (Wildman–Crippen MR) is 111 cm³/mol.